The minimum Gasteiger partial charge on any atom is -0.459 e. The van der Waals surface area contributed by atoms with Crippen molar-refractivity contribution in [3.05, 3.63) is 35.9 Å². The minimum atomic E-state index is -0.641. The van der Waals surface area contributed by atoms with Crippen molar-refractivity contribution < 1.29 is 14.3 Å². The molecule has 0 fully saturated rings. The van der Waals surface area contributed by atoms with Gasteiger partial charge in [-0.05, 0) is 11.5 Å². The Hall–Kier alpha value is -1.88. The summed E-state index contributed by atoms with van der Waals surface area (Å²) in [5.41, 5.74) is 6.23. The fourth-order valence-electron chi connectivity index (χ4n) is 1.69. The van der Waals surface area contributed by atoms with Gasteiger partial charge >= 0.3 is 5.97 Å². The van der Waals surface area contributed by atoms with Crippen molar-refractivity contribution >= 4 is 11.9 Å². The molecule has 1 amide bonds. The summed E-state index contributed by atoms with van der Waals surface area (Å²) in [4.78, 5) is 23.6. The quantitative estimate of drug-likeness (QED) is 0.735. The lowest BCUT2D eigenvalue weighted by molar-refractivity contribution is -0.150. The second-order valence-corrected chi connectivity index (χ2v) is 4.92. The smallest absolute Gasteiger partial charge is 0.329 e. The lowest BCUT2D eigenvalue weighted by atomic mass is 10.0. The standard InChI is InChI=1S/C15H22N2O3/c1-11(2)14(17-13(18)8-9-16)15(19)20-10-12-6-4-3-5-7-12/h3-7,11,14H,8-10,16H2,1-2H3,(H,17,18)/t14-/m0/s1. The predicted octanol–water partition coefficient (Wildman–Crippen LogP) is 1.22. The molecule has 20 heavy (non-hydrogen) atoms. The topological polar surface area (TPSA) is 81.4 Å². The van der Waals surface area contributed by atoms with E-state index in [0.29, 0.717) is 0 Å². The number of hydrogen-bond donors (Lipinski definition) is 2. The summed E-state index contributed by atoms with van der Waals surface area (Å²) < 4.78 is 5.25. The summed E-state index contributed by atoms with van der Waals surface area (Å²) in [5, 5.41) is 2.66. The highest BCUT2D eigenvalue weighted by atomic mass is 16.5. The Balaban J connectivity index is 2.54. The molecule has 0 unspecified atom stereocenters. The number of rotatable bonds is 7. The van der Waals surface area contributed by atoms with E-state index in [9.17, 15) is 9.59 Å². The first kappa shape index (κ1) is 16.2. The molecule has 0 bridgehead atoms. The minimum absolute atomic E-state index is 0.0417. The Morgan fingerprint density at radius 1 is 1.25 bits per heavy atom. The van der Waals surface area contributed by atoms with Crippen LogP contribution in [0.25, 0.3) is 0 Å². The van der Waals surface area contributed by atoms with Crippen LogP contribution >= 0.6 is 0 Å². The van der Waals surface area contributed by atoms with Crippen molar-refractivity contribution in [2.24, 2.45) is 11.7 Å². The van der Waals surface area contributed by atoms with Crippen LogP contribution in [-0.4, -0.2) is 24.5 Å². The Bertz CT molecular complexity index is 432. The number of carbonyl (C=O) groups is 2. The molecule has 0 aliphatic heterocycles. The molecule has 0 aromatic heterocycles. The average Bonchev–Trinajstić information content (AvgIpc) is 2.43. The SMILES string of the molecule is CC(C)[C@H](NC(=O)CCN)C(=O)OCc1ccccc1. The molecule has 5 nitrogen and oxygen atoms in total. The molecule has 0 heterocycles. The average molecular weight is 278 g/mol. The Morgan fingerprint density at radius 3 is 2.45 bits per heavy atom. The maximum Gasteiger partial charge on any atom is 0.329 e. The van der Waals surface area contributed by atoms with Crippen LogP contribution in [0.2, 0.25) is 0 Å². The molecule has 110 valence electrons. The second-order valence-electron chi connectivity index (χ2n) is 4.92. The molecular weight excluding hydrogens is 256 g/mol. The number of esters is 1. The molecule has 1 atom stereocenters. The van der Waals surface area contributed by atoms with Gasteiger partial charge in [0.1, 0.15) is 12.6 Å². The highest BCUT2D eigenvalue weighted by Gasteiger charge is 2.25. The first-order valence-electron chi connectivity index (χ1n) is 6.74. The third-order valence-electron chi connectivity index (χ3n) is 2.83. The summed E-state index contributed by atoms with van der Waals surface area (Å²) in [5.74, 6) is -0.697. The van der Waals surface area contributed by atoms with Gasteiger partial charge in [-0.1, -0.05) is 44.2 Å². The largest absolute Gasteiger partial charge is 0.459 e. The van der Waals surface area contributed by atoms with Gasteiger partial charge in [0.25, 0.3) is 0 Å². The number of amides is 1. The molecule has 5 heteroatoms. The van der Waals surface area contributed by atoms with E-state index in [1.165, 1.54) is 0 Å². The summed E-state index contributed by atoms with van der Waals surface area (Å²) in [6, 6.07) is 8.78. The molecule has 1 aromatic rings. The molecular formula is C15H22N2O3. The predicted molar refractivity (Wildman–Crippen MR) is 76.7 cm³/mol. The lowest BCUT2D eigenvalue weighted by Gasteiger charge is -2.20. The number of ether oxygens (including phenoxy) is 1. The fourth-order valence-corrected chi connectivity index (χ4v) is 1.69. The number of nitrogens with two attached hydrogens (primary N) is 1. The van der Waals surface area contributed by atoms with E-state index in [1.807, 2.05) is 44.2 Å². The summed E-state index contributed by atoms with van der Waals surface area (Å²) >= 11 is 0. The van der Waals surface area contributed by atoms with Crippen molar-refractivity contribution in [3.8, 4) is 0 Å². The fraction of sp³-hybridized carbons (Fsp3) is 0.467. The second kappa shape index (κ2) is 8.32. The van der Waals surface area contributed by atoms with Crippen LogP contribution in [0, 0.1) is 5.92 Å². The Labute approximate surface area is 119 Å². The molecule has 0 saturated heterocycles. The number of nitrogens with one attached hydrogen (secondary N) is 1. The molecule has 0 aliphatic rings. The number of hydrogen-bond acceptors (Lipinski definition) is 4. The van der Waals surface area contributed by atoms with Crippen molar-refractivity contribution in [2.45, 2.75) is 32.9 Å². The van der Waals surface area contributed by atoms with Crippen molar-refractivity contribution in [1.29, 1.82) is 0 Å². The first-order valence-corrected chi connectivity index (χ1v) is 6.74. The first-order chi connectivity index (χ1) is 9.54. The van der Waals surface area contributed by atoms with Gasteiger partial charge < -0.3 is 15.8 Å². The van der Waals surface area contributed by atoms with E-state index in [4.69, 9.17) is 10.5 Å². The summed E-state index contributed by atoms with van der Waals surface area (Å²) in [7, 11) is 0. The summed E-state index contributed by atoms with van der Waals surface area (Å²) in [6.45, 7) is 4.18. The van der Waals surface area contributed by atoms with E-state index in [1.54, 1.807) is 0 Å². The number of carbonyl (C=O) groups excluding carboxylic acids is 2. The zero-order valence-corrected chi connectivity index (χ0v) is 12.0. The molecule has 0 spiro atoms. The zero-order chi connectivity index (χ0) is 15.0. The van der Waals surface area contributed by atoms with Gasteiger partial charge in [-0.3, -0.25) is 4.79 Å². The van der Waals surface area contributed by atoms with Crippen LogP contribution in [0.15, 0.2) is 30.3 Å². The van der Waals surface area contributed by atoms with Crippen molar-refractivity contribution in [1.82, 2.24) is 5.32 Å². The van der Waals surface area contributed by atoms with Gasteiger partial charge in [-0.2, -0.15) is 0 Å². The van der Waals surface area contributed by atoms with Crippen molar-refractivity contribution in [2.75, 3.05) is 6.54 Å². The van der Waals surface area contributed by atoms with Crippen LogP contribution in [0.5, 0.6) is 0 Å². The molecule has 0 saturated carbocycles. The van der Waals surface area contributed by atoms with Gasteiger partial charge in [-0.15, -0.1) is 0 Å². The zero-order valence-electron chi connectivity index (χ0n) is 12.0. The number of benzene rings is 1. The molecule has 1 rings (SSSR count). The van der Waals surface area contributed by atoms with Gasteiger partial charge in [0, 0.05) is 13.0 Å². The van der Waals surface area contributed by atoms with Gasteiger partial charge in [0.05, 0.1) is 0 Å². The van der Waals surface area contributed by atoms with Crippen LogP contribution < -0.4 is 11.1 Å². The van der Waals surface area contributed by atoms with E-state index in [0.717, 1.165) is 5.56 Å². The van der Waals surface area contributed by atoms with E-state index in [-0.39, 0.29) is 31.4 Å². The third kappa shape index (κ3) is 5.40. The van der Waals surface area contributed by atoms with Crippen LogP contribution in [0.3, 0.4) is 0 Å². The highest BCUT2D eigenvalue weighted by molar-refractivity contribution is 5.84. The molecule has 0 radical (unpaired) electrons. The molecule has 3 N–H and O–H groups in total. The molecule has 1 aromatic carbocycles. The van der Waals surface area contributed by atoms with E-state index >= 15 is 0 Å². The van der Waals surface area contributed by atoms with Crippen LogP contribution in [0.1, 0.15) is 25.8 Å². The Kier molecular flexibility index (Phi) is 6.73. The normalized spacial score (nSPS) is 12.0. The van der Waals surface area contributed by atoms with Gasteiger partial charge in [0.2, 0.25) is 5.91 Å². The molecule has 0 aliphatic carbocycles. The monoisotopic (exact) mass is 278 g/mol. The summed E-state index contributed by atoms with van der Waals surface area (Å²) in [6.07, 6.45) is 0.204. The Morgan fingerprint density at radius 2 is 1.90 bits per heavy atom. The lowest BCUT2D eigenvalue weighted by Crippen LogP contribution is -2.45. The van der Waals surface area contributed by atoms with Gasteiger partial charge in [0.15, 0.2) is 0 Å². The third-order valence-corrected chi connectivity index (χ3v) is 2.83. The van der Waals surface area contributed by atoms with Crippen LogP contribution in [0.4, 0.5) is 0 Å². The highest BCUT2D eigenvalue weighted by Crippen LogP contribution is 2.07. The van der Waals surface area contributed by atoms with Crippen LogP contribution in [-0.2, 0) is 20.9 Å². The van der Waals surface area contributed by atoms with E-state index in [2.05, 4.69) is 5.32 Å². The van der Waals surface area contributed by atoms with Gasteiger partial charge in [-0.25, -0.2) is 4.79 Å². The van der Waals surface area contributed by atoms with E-state index < -0.39 is 12.0 Å². The maximum absolute atomic E-state index is 12.0. The maximum atomic E-state index is 12.0. The van der Waals surface area contributed by atoms with Crippen molar-refractivity contribution in [3.63, 3.8) is 0 Å².